The van der Waals surface area contributed by atoms with E-state index in [1.807, 2.05) is 16.5 Å². The van der Waals surface area contributed by atoms with Gasteiger partial charge in [-0.3, -0.25) is 9.69 Å². The second-order valence-electron chi connectivity index (χ2n) is 11.9. The minimum Gasteiger partial charge on any atom is -0.379 e. The molecule has 3 aliphatic heterocycles. The number of hydrogen-bond acceptors (Lipinski definition) is 5. The molecule has 0 bridgehead atoms. The summed E-state index contributed by atoms with van der Waals surface area (Å²) in [5.74, 6) is 2.48. The fourth-order valence-electron chi connectivity index (χ4n) is 6.60. The van der Waals surface area contributed by atoms with Crippen molar-refractivity contribution in [2.75, 3.05) is 31.2 Å². The Kier molecular flexibility index (Phi) is 6.16. The van der Waals surface area contributed by atoms with Gasteiger partial charge in [0.05, 0.1) is 19.8 Å². The third-order valence-electron chi connectivity index (χ3n) is 8.37. The lowest BCUT2D eigenvalue weighted by atomic mass is 9.75. The Bertz CT molecular complexity index is 1320. The van der Waals surface area contributed by atoms with Crippen molar-refractivity contribution in [2.45, 2.75) is 52.1 Å². The van der Waals surface area contributed by atoms with Crippen LogP contribution in [0.2, 0.25) is 0 Å². The third kappa shape index (κ3) is 4.59. The van der Waals surface area contributed by atoms with Crippen LogP contribution >= 0.6 is 0 Å². The first-order valence-electron chi connectivity index (χ1n) is 13.5. The largest absolute Gasteiger partial charge is 0.379 e. The molecular formula is C30H37N5O2. The van der Waals surface area contributed by atoms with Gasteiger partial charge in [0.15, 0.2) is 0 Å². The summed E-state index contributed by atoms with van der Waals surface area (Å²) < 4.78 is 7.62. The zero-order chi connectivity index (χ0) is 25.7. The quantitative estimate of drug-likeness (QED) is 0.507. The smallest absolute Gasteiger partial charge is 0.258 e. The first kappa shape index (κ1) is 24.3. The highest BCUT2D eigenvalue weighted by molar-refractivity contribution is 6.10. The summed E-state index contributed by atoms with van der Waals surface area (Å²) in [6, 6.07) is 13.0. The standard InChI is InChI=1S/C30H37N5O2/c1-20-8-23(15-34-13-21(2)7-22(3)14-34)10-26(9-20)35-16-24-5-6-25(11-27(24)29(35)36)30(17-37-18-30)12-28-32-31-19-33(28)4/h5-6,8-11,19,21-22H,7,12-18H2,1-4H3/t21-,22+. The number of nitrogens with zero attached hydrogens (tertiary/aromatic N) is 5. The lowest BCUT2D eigenvalue weighted by molar-refractivity contribution is -0.0611. The number of rotatable bonds is 6. The van der Waals surface area contributed by atoms with E-state index in [2.05, 4.69) is 72.3 Å². The van der Waals surface area contributed by atoms with Crippen molar-refractivity contribution < 1.29 is 9.53 Å². The summed E-state index contributed by atoms with van der Waals surface area (Å²) in [5, 5.41) is 8.33. The molecule has 2 saturated heterocycles. The van der Waals surface area contributed by atoms with Gasteiger partial charge < -0.3 is 14.2 Å². The summed E-state index contributed by atoms with van der Waals surface area (Å²) >= 11 is 0. The fraction of sp³-hybridized carbons (Fsp3) is 0.500. The molecule has 3 aromatic rings. The summed E-state index contributed by atoms with van der Waals surface area (Å²) in [6.07, 6.45) is 3.79. The minimum atomic E-state index is -0.164. The number of ether oxygens (including phenoxy) is 1. The van der Waals surface area contributed by atoms with Crippen LogP contribution in [0.1, 0.15) is 58.7 Å². The van der Waals surface area contributed by atoms with Crippen LogP contribution in [0.4, 0.5) is 5.69 Å². The molecule has 1 aromatic heterocycles. The molecule has 0 radical (unpaired) electrons. The molecule has 0 N–H and O–H groups in total. The first-order valence-corrected chi connectivity index (χ1v) is 13.5. The zero-order valence-corrected chi connectivity index (χ0v) is 22.4. The molecule has 1 amide bonds. The van der Waals surface area contributed by atoms with Crippen LogP contribution in [0.25, 0.3) is 0 Å². The molecule has 2 aromatic carbocycles. The number of anilines is 1. The highest BCUT2D eigenvalue weighted by Gasteiger charge is 2.43. The maximum absolute atomic E-state index is 13.7. The predicted octanol–water partition coefficient (Wildman–Crippen LogP) is 4.27. The third-order valence-corrected chi connectivity index (χ3v) is 8.37. The normalized spacial score (nSPS) is 23.2. The number of piperidine rings is 1. The van der Waals surface area contributed by atoms with Gasteiger partial charge in [0.2, 0.25) is 0 Å². The van der Waals surface area contributed by atoms with Crippen molar-refractivity contribution in [3.63, 3.8) is 0 Å². The van der Waals surface area contributed by atoms with E-state index in [4.69, 9.17) is 4.74 Å². The van der Waals surface area contributed by atoms with Gasteiger partial charge in [0.25, 0.3) is 5.91 Å². The highest BCUT2D eigenvalue weighted by atomic mass is 16.5. The van der Waals surface area contributed by atoms with Crippen molar-refractivity contribution >= 4 is 11.6 Å². The second-order valence-corrected chi connectivity index (χ2v) is 11.9. The van der Waals surface area contributed by atoms with Crippen molar-refractivity contribution in [2.24, 2.45) is 18.9 Å². The van der Waals surface area contributed by atoms with E-state index in [9.17, 15) is 4.79 Å². The van der Waals surface area contributed by atoms with Gasteiger partial charge in [-0.15, -0.1) is 10.2 Å². The summed E-state index contributed by atoms with van der Waals surface area (Å²) in [4.78, 5) is 18.2. The Hall–Kier alpha value is -3.03. The summed E-state index contributed by atoms with van der Waals surface area (Å²) in [6.45, 7) is 11.9. The number of amides is 1. The molecule has 194 valence electrons. The van der Waals surface area contributed by atoms with Gasteiger partial charge >= 0.3 is 0 Å². The molecular weight excluding hydrogens is 462 g/mol. The molecule has 0 aliphatic carbocycles. The van der Waals surface area contributed by atoms with E-state index in [1.165, 1.54) is 17.5 Å². The number of benzene rings is 2. The Balaban J connectivity index is 1.24. The van der Waals surface area contributed by atoms with E-state index in [1.54, 1.807) is 6.33 Å². The van der Waals surface area contributed by atoms with E-state index >= 15 is 0 Å². The van der Waals surface area contributed by atoms with Gasteiger partial charge in [0, 0.05) is 49.8 Å². The molecule has 0 unspecified atom stereocenters. The number of carbonyl (C=O) groups is 1. The van der Waals surface area contributed by atoms with Gasteiger partial charge in [-0.25, -0.2) is 0 Å². The lowest BCUT2D eigenvalue weighted by Gasteiger charge is -2.41. The summed E-state index contributed by atoms with van der Waals surface area (Å²) in [7, 11) is 1.97. The Morgan fingerprint density at radius 2 is 1.86 bits per heavy atom. The topological polar surface area (TPSA) is 63.5 Å². The highest BCUT2D eigenvalue weighted by Crippen LogP contribution is 2.39. The van der Waals surface area contributed by atoms with Crippen LogP contribution in [0.5, 0.6) is 0 Å². The molecule has 2 fully saturated rings. The molecule has 37 heavy (non-hydrogen) atoms. The number of hydrogen-bond donors (Lipinski definition) is 0. The molecule has 4 heterocycles. The predicted molar refractivity (Wildman–Crippen MR) is 144 cm³/mol. The molecule has 6 rings (SSSR count). The number of aryl methyl sites for hydroxylation is 2. The number of aromatic nitrogens is 3. The average molecular weight is 500 g/mol. The molecule has 0 saturated carbocycles. The number of carbonyl (C=O) groups excluding carboxylic acids is 1. The van der Waals surface area contributed by atoms with Crippen LogP contribution in [-0.4, -0.2) is 51.9 Å². The van der Waals surface area contributed by atoms with Crippen molar-refractivity contribution in [1.82, 2.24) is 19.7 Å². The number of fused-ring (bicyclic) bond motifs is 1. The van der Waals surface area contributed by atoms with Gasteiger partial charge in [-0.2, -0.15) is 0 Å². The Morgan fingerprint density at radius 1 is 1.08 bits per heavy atom. The van der Waals surface area contributed by atoms with Gasteiger partial charge in [-0.1, -0.05) is 32.0 Å². The van der Waals surface area contributed by atoms with Gasteiger partial charge in [-0.05, 0) is 65.6 Å². The van der Waals surface area contributed by atoms with Crippen LogP contribution in [0.15, 0.2) is 42.7 Å². The maximum Gasteiger partial charge on any atom is 0.258 e. The fourth-order valence-corrected chi connectivity index (χ4v) is 6.60. The molecule has 3 aliphatic rings. The Morgan fingerprint density at radius 3 is 2.54 bits per heavy atom. The number of likely N-dealkylation sites (tertiary alicyclic amines) is 1. The summed E-state index contributed by atoms with van der Waals surface area (Å²) in [5.41, 5.74) is 6.36. The van der Waals surface area contributed by atoms with Crippen LogP contribution < -0.4 is 4.90 Å². The minimum absolute atomic E-state index is 0.0858. The van der Waals surface area contributed by atoms with E-state index in [0.717, 1.165) is 66.1 Å². The van der Waals surface area contributed by atoms with Crippen molar-refractivity contribution in [3.05, 3.63) is 76.4 Å². The molecule has 7 nitrogen and oxygen atoms in total. The molecule has 2 atom stereocenters. The SMILES string of the molecule is Cc1cc(CN2C[C@H](C)C[C@H](C)C2)cc(N2Cc3ccc(C4(Cc5nncn5C)COC4)cc3C2=O)c1. The molecule has 7 heteroatoms. The van der Waals surface area contributed by atoms with Crippen LogP contribution in [0, 0.1) is 18.8 Å². The lowest BCUT2D eigenvalue weighted by Crippen LogP contribution is -2.49. The van der Waals surface area contributed by atoms with Crippen LogP contribution in [0.3, 0.4) is 0 Å². The van der Waals surface area contributed by atoms with Crippen molar-refractivity contribution in [1.29, 1.82) is 0 Å². The average Bonchev–Trinajstić information content (AvgIpc) is 3.37. The Labute approximate surface area is 219 Å². The first-order chi connectivity index (χ1) is 17.8. The van der Waals surface area contributed by atoms with Gasteiger partial charge in [0.1, 0.15) is 12.2 Å². The van der Waals surface area contributed by atoms with E-state index in [0.29, 0.717) is 19.8 Å². The monoisotopic (exact) mass is 499 g/mol. The maximum atomic E-state index is 13.7. The zero-order valence-electron chi connectivity index (χ0n) is 22.4. The van der Waals surface area contributed by atoms with E-state index < -0.39 is 0 Å². The molecule has 0 spiro atoms. The van der Waals surface area contributed by atoms with E-state index in [-0.39, 0.29) is 11.3 Å². The van der Waals surface area contributed by atoms with Crippen LogP contribution in [-0.2, 0) is 36.7 Å². The van der Waals surface area contributed by atoms with Crippen molar-refractivity contribution in [3.8, 4) is 0 Å². The second kappa shape index (κ2) is 9.37.